The van der Waals surface area contributed by atoms with E-state index in [0.717, 1.165) is 11.3 Å². The molecule has 1 aromatic carbocycles. The first-order valence-electron chi connectivity index (χ1n) is 6.44. The molecule has 0 spiro atoms. The average Bonchev–Trinajstić information content (AvgIpc) is 3.01. The molecule has 0 saturated carbocycles. The molecule has 0 radical (unpaired) electrons. The van der Waals surface area contributed by atoms with Gasteiger partial charge >= 0.3 is 5.00 Å². The van der Waals surface area contributed by atoms with Crippen LogP contribution < -0.4 is 10.1 Å². The number of nitrogens with one attached hydrogen (secondary N) is 1. The lowest BCUT2D eigenvalue weighted by molar-refractivity contribution is -0.380. The zero-order valence-corrected chi connectivity index (χ0v) is 13.9. The summed E-state index contributed by atoms with van der Waals surface area (Å²) in [7, 11) is 1.47. The van der Waals surface area contributed by atoms with Gasteiger partial charge in [-0.2, -0.15) is 5.26 Å². The van der Waals surface area contributed by atoms with Gasteiger partial charge in [-0.05, 0) is 29.8 Å². The molecule has 0 fully saturated rings. The van der Waals surface area contributed by atoms with Crippen molar-refractivity contribution in [2.45, 2.75) is 0 Å². The van der Waals surface area contributed by atoms with Gasteiger partial charge in [0.05, 0.1) is 17.1 Å². The van der Waals surface area contributed by atoms with E-state index in [2.05, 4.69) is 5.32 Å². The lowest BCUT2D eigenvalue weighted by atomic mass is 10.2. The van der Waals surface area contributed by atoms with E-state index in [1.807, 2.05) is 0 Å². The molecular formula is C15H10ClN3O4S. The van der Waals surface area contributed by atoms with E-state index in [1.165, 1.54) is 30.7 Å². The minimum absolute atomic E-state index is 0.0686. The van der Waals surface area contributed by atoms with E-state index in [1.54, 1.807) is 18.2 Å². The molecule has 0 atom stereocenters. The van der Waals surface area contributed by atoms with Gasteiger partial charge in [0.25, 0.3) is 5.91 Å². The van der Waals surface area contributed by atoms with Crippen LogP contribution in [0.1, 0.15) is 5.56 Å². The summed E-state index contributed by atoms with van der Waals surface area (Å²) < 4.78 is 5.01. The zero-order chi connectivity index (χ0) is 17.7. The molecule has 0 aliphatic heterocycles. The van der Waals surface area contributed by atoms with Crippen LogP contribution in [0.15, 0.2) is 35.2 Å². The molecule has 24 heavy (non-hydrogen) atoms. The summed E-state index contributed by atoms with van der Waals surface area (Å²) in [5.74, 6) is -0.191. The van der Waals surface area contributed by atoms with Crippen molar-refractivity contribution in [2.24, 2.45) is 0 Å². The van der Waals surface area contributed by atoms with E-state index in [4.69, 9.17) is 21.6 Å². The summed E-state index contributed by atoms with van der Waals surface area (Å²) in [5.41, 5.74) is 0.615. The molecule has 0 unspecified atom stereocenters. The monoisotopic (exact) mass is 363 g/mol. The number of anilines is 1. The summed E-state index contributed by atoms with van der Waals surface area (Å²) in [5, 5.41) is 24.1. The highest BCUT2D eigenvalue weighted by atomic mass is 35.5. The van der Waals surface area contributed by atoms with Gasteiger partial charge in [0.2, 0.25) is 0 Å². The number of ether oxygens (including phenoxy) is 1. The molecule has 0 bridgehead atoms. The number of nitriles is 1. The van der Waals surface area contributed by atoms with E-state index >= 15 is 0 Å². The fraction of sp³-hybridized carbons (Fsp3) is 0.0667. The third-order valence-electron chi connectivity index (χ3n) is 2.87. The summed E-state index contributed by atoms with van der Waals surface area (Å²) >= 11 is 6.89. The smallest absolute Gasteiger partial charge is 0.324 e. The van der Waals surface area contributed by atoms with E-state index in [0.29, 0.717) is 22.0 Å². The Bertz CT molecular complexity index is 870. The molecule has 0 saturated heterocycles. The Balaban J connectivity index is 2.19. The molecule has 2 rings (SSSR count). The zero-order valence-electron chi connectivity index (χ0n) is 12.3. The molecule has 122 valence electrons. The van der Waals surface area contributed by atoms with Crippen molar-refractivity contribution in [1.82, 2.24) is 0 Å². The Morgan fingerprint density at radius 2 is 2.25 bits per heavy atom. The molecule has 1 aromatic heterocycles. The molecule has 2 aromatic rings. The second-order valence-corrected chi connectivity index (χ2v) is 5.75. The molecular weight excluding hydrogens is 354 g/mol. The molecule has 1 heterocycles. The second-order valence-electron chi connectivity index (χ2n) is 4.45. The van der Waals surface area contributed by atoms with Gasteiger partial charge in [-0.1, -0.05) is 22.9 Å². The summed E-state index contributed by atoms with van der Waals surface area (Å²) in [6.45, 7) is 0. The number of nitrogens with zero attached hydrogens (tertiary/aromatic N) is 2. The largest absolute Gasteiger partial charge is 0.495 e. The van der Waals surface area contributed by atoms with Crippen LogP contribution in [0.25, 0.3) is 6.08 Å². The number of amides is 1. The van der Waals surface area contributed by atoms with Crippen LogP contribution in [0.2, 0.25) is 5.02 Å². The standard InChI is InChI=1S/C15H10ClN3O4S/c1-23-13-3-2-11(6-12(13)16)18-15(20)10(7-17)4-9-5-14(19(21)22)24-8-9/h2-6,8H,1H3,(H,18,20)/b10-4-. The fourth-order valence-corrected chi connectivity index (χ4v) is 2.71. The van der Waals surface area contributed by atoms with Gasteiger partial charge in [0, 0.05) is 17.1 Å². The Labute approximate surface area is 145 Å². The molecule has 0 aliphatic carbocycles. The number of benzene rings is 1. The highest BCUT2D eigenvalue weighted by molar-refractivity contribution is 7.13. The minimum atomic E-state index is -0.646. The van der Waals surface area contributed by atoms with Crippen molar-refractivity contribution in [3.05, 3.63) is 55.9 Å². The maximum Gasteiger partial charge on any atom is 0.324 e. The van der Waals surface area contributed by atoms with Crippen molar-refractivity contribution in [1.29, 1.82) is 5.26 Å². The van der Waals surface area contributed by atoms with E-state index in [9.17, 15) is 14.9 Å². The van der Waals surface area contributed by atoms with Crippen LogP contribution >= 0.6 is 22.9 Å². The molecule has 0 aliphatic rings. The maximum absolute atomic E-state index is 12.1. The predicted molar refractivity (Wildman–Crippen MR) is 91.2 cm³/mol. The summed E-state index contributed by atoms with van der Waals surface area (Å²) in [6, 6.07) is 7.71. The summed E-state index contributed by atoms with van der Waals surface area (Å²) in [4.78, 5) is 22.3. The van der Waals surface area contributed by atoms with Crippen LogP contribution in [-0.4, -0.2) is 17.9 Å². The fourth-order valence-electron chi connectivity index (χ4n) is 1.77. The molecule has 9 heteroatoms. The number of hydrogen-bond donors (Lipinski definition) is 1. The van der Waals surface area contributed by atoms with Gasteiger partial charge in [0.15, 0.2) is 0 Å². The predicted octanol–water partition coefficient (Wildman–Crippen LogP) is 3.86. The molecule has 1 N–H and O–H groups in total. The third kappa shape index (κ3) is 4.10. The van der Waals surface area contributed by atoms with Crippen LogP contribution in [0, 0.1) is 21.4 Å². The number of hydrogen-bond acceptors (Lipinski definition) is 6. The lowest BCUT2D eigenvalue weighted by Crippen LogP contribution is -2.13. The van der Waals surface area contributed by atoms with Crippen LogP contribution in [0.3, 0.4) is 0 Å². The van der Waals surface area contributed by atoms with E-state index < -0.39 is 10.8 Å². The van der Waals surface area contributed by atoms with Gasteiger partial charge in [-0.15, -0.1) is 0 Å². The van der Waals surface area contributed by atoms with Gasteiger partial charge in [-0.25, -0.2) is 0 Å². The lowest BCUT2D eigenvalue weighted by Gasteiger charge is -2.07. The van der Waals surface area contributed by atoms with Crippen LogP contribution in [-0.2, 0) is 4.79 Å². The van der Waals surface area contributed by atoms with Crippen molar-refractivity contribution in [3.63, 3.8) is 0 Å². The Morgan fingerprint density at radius 3 is 2.79 bits per heavy atom. The SMILES string of the molecule is COc1ccc(NC(=O)/C(C#N)=C\c2csc([N+](=O)[O-])c2)cc1Cl. The highest BCUT2D eigenvalue weighted by Gasteiger charge is 2.13. The van der Waals surface area contributed by atoms with Crippen LogP contribution in [0.5, 0.6) is 5.75 Å². The normalized spacial score (nSPS) is 10.8. The minimum Gasteiger partial charge on any atom is -0.495 e. The Morgan fingerprint density at radius 1 is 1.50 bits per heavy atom. The number of rotatable bonds is 5. The average molecular weight is 364 g/mol. The van der Waals surface area contributed by atoms with Crippen molar-refractivity contribution >= 4 is 45.6 Å². The number of carbonyl (C=O) groups excluding carboxylic acids is 1. The van der Waals surface area contributed by atoms with Gasteiger partial charge in [-0.3, -0.25) is 14.9 Å². The van der Waals surface area contributed by atoms with Crippen LogP contribution in [0.4, 0.5) is 10.7 Å². The first kappa shape index (κ1) is 17.5. The van der Waals surface area contributed by atoms with Gasteiger partial charge in [0.1, 0.15) is 17.4 Å². The summed E-state index contributed by atoms with van der Waals surface area (Å²) in [6.07, 6.45) is 1.28. The number of carbonyl (C=O) groups is 1. The Hall–Kier alpha value is -2.89. The topological polar surface area (TPSA) is 105 Å². The van der Waals surface area contributed by atoms with Gasteiger partial charge < -0.3 is 10.1 Å². The first-order valence-corrected chi connectivity index (χ1v) is 7.70. The first-order chi connectivity index (χ1) is 11.4. The molecule has 7 nitrogen and oxygen atoms in total. The maximum atomic E-state index is 12.1. The highest BCUT2D eigenvalue weighted by Crippen LogP contribution is 2.28. The van der Waals surface area contributed by atoms with E-state index in [-0.39, 0.29) is 10.6 Å². The quantitative estimate of drug-likeness (QED) is 0.375. The number of halogens is 1. The number of methoxy groups -OCH3 is 1. The Kier molecular flexibility index (Phi) is 5.52. The number of nitro groups is 1. The van der Waals surface area contributed by atoms with Crippen molar-refractivity contribution in [2.75, 3.05) is 12.4 Å². The third-order valence-corrected chi connectivity index (χ3v) is 4.07. The van der Waals surface area contributed by atoms with Crippen molar-refractivity contribution in [3.8, 4) is 11.8 Å². The molecule has 1 amide bonds. The second kappa shape index (κ2) is 7.59. The number of thiophene rings is 1. The van der Waals surface area contributed by atoms with Crippen molar-refractivity contribution < 1.29 is 14.5 Å².